The van der Waals surface area contributed by atoms with E-state index in [2.05, 4.69) is 0 Å². The number of aldehydes is 1. The highest BCUT2D eigenvalue weighted by atomic mass is 35.5. The molecule has 0 radical (unpaired) electrons. The summed E-state index contributed by atoms with van der Waals surface area (Å²) in [5.74, 6) is 0.625. The van der Waals surface area contributed by atoms with Crippen molar-refractivity contribution in [2.24, 2.45) is 5.73 Å². The van der Waals surface area contributed by atoms with Crippen LogP contribution in [-0.4, -0.2) is 18.4 Å². The van der Waals surface area contributed by atoms with Crippen LogP contribution in [0.5, 0.6) is 5.75 Å². The summed E-state index contributed by atoms with van der Waals surface area (Å²) in [5, 5.41) is 0.555. The molecule has 3 nitrogen and oxygen atoms in total. The highest BCUT2D eigenvalue weighted by Crippen LogP contribution is 2.35. The second-order valence-electron chi connectivity index (χ2n) is 5.35. The summed E-state index contributed by atoms with van der Waals surface area (Å²) in [5.41, 5.74) is 6.22. The summed E-state index contributed by atoms with van der Waals surface area (Å²) in [6.07, 6.45) is 1.36. The zero-order chi connectivity index (χ0) is 15.5. The van der Waals surface area contributed by atoms with Crippen LogP contribution >= 0.6 is 22.9 Å². The highest BCUT2D eigenvalue weighted by Gasteiger charge is 2.19. The van der Waals surface area contributed by atoms with Crippen LogP contribution in [0.15, 0.2) is 30.3 Å². The molecule has 0 amide bonds. The van der Waals surface area contributed by atoms with Gasteiger partial charge in [0.15, 0.2) is 0 Å². The molecule has 0 atom stereocenters. The monoisotopic (exact) mass is 323 g/mol. The molecule has 0 aliphatic carbocycles. The molecule has 0 saturated carbocycles. The molecule has 1 heterocycles. The van der Waals surface area contributed by atoms with Crippen LogP contribution in [0.4, 0.5) is 0 Å². The van der Waals surface area contributed by atoms with Gasteiger partial charge in [-0.15, -0.1) is 11.3 Å². The molecule has 1 aromatic heterocycles. The van der Waals surface area contributed by atoms with Gasteiger partial charge in [0.25, 0.3) is 0 Å². The standard InChI is InChI=1S/C16H18ClNO2S/c1-16(2,10-18)20-14-5-3-11(9-13(14)17)15-6-4-12(21-15)7-8-19/h3-6,8-9H,7,10,18H2,1-2H3. The van der Waals surface area contributed by atoms with Gasteiger partial charge in [0.2, 0.25) is 0 Å². The van der Waals surface area contributed by atoms with E-state index in [-0.39, 0.29) is 0 Å². The van der Waals surface area contributed by atoms with Crippen molar-refractivity contribution in [3.63, 3.8) is 0 Å². The van der Waals surface area contributed by atoms with Gasteiger partial charge in [0, 0.05) is 22.7 Å². The van der Waals surface area contributed by atoms with Gasteiger partial charge >= 0.3 is 0 Å². The Kier molecular flexibility index (Phi) is 5.04. The van der Waals surface area contributed by atoms with Crippen LogP contribution < -0.4 is 10.5 Å². The smallest absolute Gasteiger partial charge is 0.138 e. The van der Waals surface area contributed by atoms with E-state index in [1.54, 1.807) is 11.3 Å². The molecule has 112 valence electrons. The number of carbonyl (C=O) groups excluding carboxylic acids is 1. The summed E-state index contributed by atoms with van der Waals surface area (Å²) in [7, 11) is 0. The molecule has 0 bridgehead atoms. The molecule has 5 heteroatoms. The number of nitrogens with two attached hydrogens (primary N) is 1. The number of hydrogen-bond donors (Lipinski definition) is 1. The Hall–Kier alpha value is -1.36. The normalized spacial score (nSPS) is 11.4. The molecule has 21 heavy (non-hydrogen) atoms. The van der Waals surface area contributed by atoms with Crippen molar-refractivity contribution >= 4 is 29.2 Å². The van der Waals surface area contributed by atoms with E-state index in [1.165, 1.54) is 0 Å². The molecule has 2 rings (SSSR count). The zero-order valence-corrected chi connectivity index (χ0v) is 13.6. The fourth-order valence-corrected chi connectivity index (χ4v) is 2.97. The van der Waals surface area contributed by atoms with Crippen molar-refractivity contribution in [3.05, 3.63) is 40.2 Å². The maximum absolute atomic E-state index is 10.5. The minimum Gasteiger partial charge on any atom is -0.485 e. The second kappa shape index (κ2) is 6.60. The Morgan fingerprint density at radius 3 is 2.71 bits per heavy atom. The molecule has 0 aliphatic rings. The molecule has 0 spiro atoms. The minimum absolute atomic E-state index is 0.408. The van der Waals surface area contributed by atoms with E-state index < -0.39 is 5.60 Å². The van der Waals surface area contributed by atoms with E-state index in [9.17, 15) is 4.79 Å². The largest absolute Gasteiger partial charge is 0.485 e. The molecular formula is C16H18ClNO2S. The molecule has 0 aliphatic heterocycles. The summed E-state index contributed by atoms with van der Waals surface area (Å²) in [4.78, 5) is 12.7. The van der Waals surface area contributed by atoms with Crippen LogP contribution in [0, 0.1) is 0 Å². The van der Waals surface area contributed by atoms with Gasteiger partial charge in [-0.3, -0.25) is 0 Å². The van der Waals surface area contributed by atoms with Gasteiger partial charge in [-0.25, -0.2) is 0 Å². The summed E-state index contributed by atoms with van der Waals surface area (Å²) >= 11 is 7.88. The van der Waals surface area contributed by atoms with E-state index in [0.717, 1.165) is 21.6 Å². The molecular weight excluding hydrogens is 306 g/mol. The second-order valence-corrected chi connectivity index (χ2v) is 6.92. The Morgan fingerprint density at radius 1 is 1.33 bits per heavy atom. The maximum atomic E-state index is 10.5. The van der Waals surface area contributed by atoms with E-state index in [1.807, 2.05) is 44.2 Å². The van der Waals surface area contributed by atoms with Gasteiger partial charge < -0.3 is 15.3 Å². The van der Waals surface area contributed by atoms with Gasteiger partial charge in [-0.1, -0.05) is 11.6 Å². The predicted octanol–water partition coefficient (Wildman–Crippen LogP) is 3.93. The average Bonchev–Trinajstić information content (AvgIpc) is 2.90. The average molecular weight is 324 g/mol. The number of hydrogen-bond acceptors (Lipinski definition) is 4. The lowest BCUT2D eigenvalue weighted by Crippen LogP contribution is -2.37. The number of rotatable bonds is 6. The summed E-state index contributed by atoms with van der Waals surface area (Å²) in [6, 6.07) is 9.66. The van der Waals surface area contributed by atoms with Crippen LogP contribution in [0.1, 0.15) is 18.7 Å². The third-order valence-corrected chi connectivity index (χ3v) is 4.49. The molecule has 0 fully saturated rings. The number of benzene rings is 1. The lowest BCUT2D eigenvalue weighted by molar-refractivity contribution is -0.107. The van der Waals surface area contributed by atoms with Crippen molar-refractivity contribution in [3.8, 4) is 16.2 Å². The number of thiophene rings is 1. The van der Waals surface area contributed by atoms with Gasteiger partial charge in [0.05, 0.1) is 5.02 Å². The quantitative estimate of drug-likeness (QED) is 0.820. The lowest BCUT2D eigenvalue weighted by atomic mass is 10.1. The van der Waals surface area contributed by atoms with Crippen molar-refractivity contribution < 1.29 is 9.53 Å². The first-order chi connectivity index (χ1) is 9.95. The molecule has 2 aromatic rings. The Balaban J connectivity index is 2.23. The van der Waals surface area contributed by atoms with E-state index >= 15 is 0 Å². The lowest BCUT2D eigenvalue weighted by Gasteiger charge is -2.25. The summed E-state index contributed by atoms with van der Waals surface area (Å²) in [6.45, 7) is 4.25. The fraction of sp³-hybridized carbons (Fsp3) is 0.312. The van der Waals surface area contributed by atoms with Crippen LogP contribution in [0.2, 0.25) is 5.02 Å². The number of halogens is 1. The van der Waals surface area contributed by atoms with Crippen LogP contribution in [0.25, 0.3) is 10.4 Å². The predicted molar refractivity (Wildman–Crippen MR) is 88.3 cm³/mol. The third kappa shape index (κ3) is 4.06. The summed E-state index contributed by atoms with van der Waals surface area (Å²) < 4.78 is 5.82. The van der Waals surface area contributed by atoms with E-state index in [4.69, 9.17) is 22.1 Å². The first kappa shape index (κ1) is 16.0. The fourth-order valence-electron chi connectivity index (χ4n) is 1.80. The molecule has 2 N–H and O–H groups in total. The number of carbonyl (C=O) groups is 1. The molecule has 0 saturated heterocycles. The van der Waals surface area contributed by atoms with E-state index in [0.29, 0.717) is 23.7 Å². The van der Waals surface area contributed by atoms with Crippen LogP contribution in [0.3, 0.4) is 0 Å². The first-order valence-electron chi connectivity index (χ1n) is 6.66. The SMILES string of the molecule is CC(C)(CN)Oc1ccc(-c2ccc(CC=O)s2)cc1Cl. The molecule has 1 aromatic carbocycles. The number of ether oxygens (including phenoxy) is 1. The zero-order valence-electron chi connectivity index (χ0n) is 12.1. The van der Waals surface area contributed by atoms with Crippen LogP contribution in [-0.2, 0) is 11.2 Å². The Morgan fingerprint density at radius 2 is 2.10 bits per heavy atom. The van der Waals surface area contributed by atoms with Gasteiger partial charge in [0.1, 0.15) is 17.6 Å². The minimum atomic E-state index is -0.453. The van der Waals surface area contributed by atoms with Crippen molar-refractivity contribution in [1.29, 1.82) is 0 Å². The maximum Gasteiger partial charge on any atom is 0.138 e. The van der Waals surface area contributed by atoms with Gasteiger partial charge in [-0.05, 0) is 49.7 Å². The molecule has 0 unspecified atom stereocenters. The van der Waals surface area contributed by atoms with Crippen molar-refractivity contribution in [1.82, 2.24) is 0 Å². The first-order valence-corrected chi connectivity index (χ1v) is 7.86. The van der Waals surface area contributed by atoms with Crippen molar-refractivity contribution in [2.45, 2.75) is 25.9 Å². The Labute approximate surface area is 133 Å². The topological polar surface area (TPSA) is 52.3 Å². The van der Waals surface area contributed by atoms with Gasteiger partial charge in [-0.2, -0.15) is 0 Å². The third-order valence-electron chi connectivity index (χ3n) is 3.04. The van der Waals surface area contributed by atoms with Crippen molar-refractivity contribution in [2.75, 3.05) is 6.54 Å². The highest BCUT2D eigenvalue weighted by molar-refractivity contribution is 7.15. The Bertz CT molecular complexity index is 637.